The van der Waals surface area contributed by atoms with E-state index in [2.05, 4.69) is 45.5 Å². The quantitative estimate of drug-likeness (QED) is 0.833. The Balaban J connectivity index is 1.75. The van der Waals surface area contributed by atoms with Crippen molar-refractivity contribution in [3.8, 4) is 0 Å². The first kappa shape index (κ1) is 13.6. The van der Waals surface area contributed by atoms with Crippen molar-refractivity contribution >= 4 is 38.8 Å². The van der Waals surface area contributed by atoms with Gasteiger partial charge in [-0.3, -0.25) is 0 Å². The molecule has 3 rings (SSSR count). The monoisotopic (exact) mass is 346 g/mol. The van der Waals surface area contributed by atoms with Crippen LogP contribution in [0, 0.1) is 0 Å². The van der Waals surface area contributed by atoms with Gasteiger partial charge in [0.1, 0.15) is 4.99 Å². The second kappa shape index (κ2) is 5.54. The number of anilines is 1. The minimum atomic E-state index is 0.422. The summed E-state index contributed by atoms with van der Waals surface area (Å²) in [5, 5.41) is 3.59. The molecule has 2 nitrogen and oxygen atoms in total. The van der Waals surface area contributed by atoms with Gasteiger partial charge >= 0.3 is 0 Å². The SMILES string of the molecule is NC(=S)c1ccc(NC2Cc3ccccc3C2)c(Br)c1. The number of hydrogen-bond donors (Lipinski definition) is 2. The van der Waals surface area contributed by atoms with Crippen LogP contribution in [-0.4, -0.2) is 11.0 Å². The lowest BCUT2D eigenvalue weighted by molar-refractivity contribution is 0.774. The van der Waals surface area contributed by atoms with Crippen LogP contribution >= 0.6 is 28.1 Å². The van der Waals surface area contributed by atoms with E-state index in [0.717, 1.165) is 28.6 Å². The van der Waals surface area contributed by atoms with E-state index in [0.29, 0.717) is 11.0 Å². The minimum Gasteiger partial charge on any atom is -0.389 e. The molecule has 0 aromatic heterocycles. The molecule has 0 spiro atoms. The molecule has 0 fully saturated rings. The van der Waals surface area contributed by atoms with Crippen LogP contribution in [0.25, 0.3) is 0 Å². The highest BCUT2D eigenvalue weighted by Gasteiger charge is 2.21. The standard InChI is InChI=1S/C16H15BrN2S/c17-14-9-12(16(18)20)5-6-15(14)19-13-7-10-3-1-2-4-11(10)8-13/h1-6,9,13,19H,7-8H2,(H2,18,20). The topological polar surface area (TPSA) is 38.0 Å². The molecule has 0 atom stereocenters. The Morgan fingerprint density at radius 1 is 1.15 bits per heavy atom. The number of thiocarbonyl (C=S) groups is 1. The summed E-state index contributed by atoms with van der Waals surface area (Å²) in [5.74, 6) is 0. The second-order valence-electron chi connectivity index (χ2n) is 5.08. The second-order valence-corrected chi connectivity index (χ2v) is 6.37. The van der Waals surface area contributed by atoms with Crippen molar-refractivity contribution in [2.75, 3.05) is 5.32 Å². The largest absolute Gasteiger partial charge is 0.389 e. The molecule has 0 aliphatic heterocycles. The van der Waals surface area contributed by atoms with Gasteiger partial charge in [0, 0.05) is 21.8 Å². The summed E-state index contributed by atoms with van der Waals surface area (Å²) >= 11 is 8.57. The van der Waals surface area contributed by atoms with Crippen molar-refractivity contribution in [2.24, 2.45) is 5.73 Å². The van der Waals surface area contributed by atoms with Crippen molar-refractivity contribution in [1.82, 2.24) is 0 Å². The third-order valence-corrected chi connectivity index (χ3v) is 4.56. The zero-order chi connectivity index (χ0) is 14.1. The number of benzene rings is 2. The lowest BCUT2D eigenvalue weighted by Gasteiger charge is -2.15. The summed E-state index contributed by atoms with van der Waals surface area (Å²) in [6, 6.07) is 15.0. The first-order valence-electron chi connectivity index (χ1n) is 6.56. The normalized spacial score (nSPS) is 14.1. The van der Waals surface area contributed by atoms with Gasteiger partial charge < -0.3 is 11.1 Å². The van der Waals surface area contributed by atoms with E-state index in [9.17, 15) is 0 Å². The number of halogens is 1. The zero-order valence-corrected chi connectivity index (χ0v) is 13.3. The van der Waals surface area contributed by atoms with Gasteiger partial charge in [-0.2, -0.15) is 0 Å². The molecule has 2 aromatic rings. The van der Waals surface area contributed by atoms with Crippen LogP contribution in [0.5, 0.6) is 0 Å². The van der Waals surface area contributed by atoms with E-state index in [1.165, 1.54) is 11.1 Å². The highest BCUT2D eigenvalue weighted by atomic mass is 79.9. The van der Waals surface area contributed by atoms with Gasteiger partial charge in [-0.1, -0.05) is 36.5 Å². The Kier molecular flexibility index (Phi) is 3.76. The van der Waals surface area contributed by atoms with E-state index in [1.54, 1.807) is 0 Å². The summed E-state index contributed by atoms with van der Waals surface area (Å²) in [7, 11) is 0. The molecule has 102 valence electrons. The molecule has 0 saturated heterocycles. The first-order valence-corrected chi connectivity index (χ1v) is 7.76. The summed E-state index contributed by atoms with van der Waals surface area (Å²) in [4.78, 5) is 0.422. The molecule has 0 amide bonds. The van der Waals surface area contributed by atoms with E-state index in [1.807, 2.05) is 18.2 Å². The number of nitrogens with two attached hydrogens (primary N) is 1. The highest BCUT2D eigenvalue weighted by molar-refractivity contribution is 9.10. The molecule has 0 unspecified atom stereocenters. The smallest absolute Gasteiger partial charge is 0.104 e. The van der Waals surface area contributed by atoms with E-state index in [-0.39, 0.29) is 0 Å². The number of rotatable bonds is 3. The molecule has 2 aromatic carbocycles. The lowest BCUT2D eigenvalue weighted by atomic mass is 10.1. The minimum absolute atomic E-state index is 0.422. The first-order chi connectivity index (χ1) is 9.63. The summed E-state index contributed by atoms with van der Waals surface area (Å²) in [6.07, 6.45) is 2.14. The Hall–Kier alpha value is -1.39. The van der Waals surface area contributed by atoms with Crippen LogP contribution in [0.3, 0.4) is 0 Å². The molecule has 0 saturated carbocycles. The average Bonchev–Trinajstić information content (AvgIpc) is 2.83. The third kappa shape index (κ3) is 2.72. The van der Waals surface area contributed by atoms with E-state index in [4.69, 9.17) is 18.0 Å². The number of nitrogens with one attached hydrogen (secondary N) is 1. The predicted octanol–water partition coefficient (Wildman–Crippen LogP) is 3.66. The molecule has 0 radical (unpaired) electrons. The average molecular weight is 347 g/mol. The number of hydrogen-bond acceptors (Lipinski definition) is 2. The van der Waals surface area contributed by atoms with Gasteiger partial charge in [-0.05, 0) is 58.1 Å². The molecular formula is C16H15BrN2S. The van der Waals surface area contributed by atoms with E-state index >= 15 is 0 Å². The van der Waals surface area contributed by atoms with Crippen molar-refractivity contribution in [1.29, 1.82) is 0 Å². The summed E-state index contributed by atoms with van der Waals surface area (Å²) in [6.45, 7) is 0. The molecule has 0 bridgehead atoms. The van der Waals surface area contributed by atoms with Crippen LogP contribution in [-0.2, 0) is 12.8 Å². The summed E-state index contributed by atoms with van der Waals surface area (Å²) < 4.78 is 0.999. The van der Waals surface area contributed by atoms with Crippen molar-refractivity contribution in [2.45, 2.75) is 18.9 Å². The number of fused-ring (bicyclic) bond motifs is 1. The molecule has 1 aliphatic carbocycles. The van der Waals surface area contributed by atoms with Gasteiger partial charge in [-0.15, -0.1) is 0 Å². The Labute approximate surface area is 132 Å². The molecule has 3 N–H and O–H groups in total. The van der Waals surface area contributed by atoms with Gasteiger partial charge in [0.25, 0.3) is 0 Å². The van der Waals surface area contributed by atoms with Crippen LogP contribution in [0.2, 0.25) is 0 Å². The predicted molar refractivity (Wildman–Crippen MR) is 91.3 cm³/mol. The molecular weight excluding hydrogens is 332 g/mol. The Bertz CT molecular complexity index is 644. The van der Waals surface area contributed by atoms with Crippen molar-refractivity contribution in [3.63, 3.8) is 0 Å². The zero-order valence-electron chi connectivity index (χ0n) is 10.9. The van der Waals surface area contributed by atoms with Crippen LogP contribution in [0.1, 0.15) is 16.7 Å². The molecule has 4 heteroatoms. The molecule has 0 heterocycles. The fraction of sp³-hybridized carbons (Fsp3) is 0.188. The maximum absolute atomic E-state index is 5.64. The fourth-order valence-electron chi connectivity index (χ4n) is 2.67. The van der Waals surface area contributed by atoms with Crippen molar-refractivity contribution in [3.05, 3.63) is 63.6 Å². The maximum Gasteiger partial charge on any atom is 0.104 e. The van der Waals surface area contributed by atoms with Crippen LogP contribution in [0.4, 0.5) is 5.69 Å². The van der Waals surface area contributed by atoms with E-state index < -0.39 is 0 Å². The van der Waals surface area contributed by atoms with Gasteiger partial charge in [0.2, 0.25) is 0 Å². The van der Waals surface area contributed by atoms with Crippen molar-refractivity contribution < 1.29 is 0 Å². The van der Waals surface area contributed by atoms with Crippen LogP contribution < -0.4 is 11.1 Å². The van der Waals surface area contributed by atoms with Crippen LogP contribution in [0.15, 0.2) is 46.9 Å². The Morgan fingerprint density at radius 3 is 2.35 bits per heavy atom. The Morgan fingerprint density at radius 2 is 1.80 bits per heavy atom. The lowest BCUT2D eigenvalue weighted by Crippen LogP contribution is -2.20. The maximum atomic E-state index is 5.64. The molecule has 20 heavy (non-hydrogen) atoms. The third-order valence-electron chi connectivity index (χ3n) is 3.66. The molecule has 1 aliphatic rings. The van der Waals surface area contributed by atoms with Gasteiger partial charge in [0.15, 0.2) is 0 Å². The summed E-state index contributed by atoms with van der Waals surface area (Å²) in [5.41, 5.74) is 10.5. The fourth-order valence-corrected chi connectivity index (χ4v) is 3.29. The highest BCUT2D eigenvalue weighted by Crippen LogP contribution is 2.28. The van der Waals surface area contributed by atoms with Gasteiger partial charge in [0.05, 0.1) is 0 Å². The van der Waals surface area contributed by atoms with Gasteiger partial charge in [-0.25, -0.2) is 0 Å².